The number of carbonyl (C=O) groups is 1. The van der Waals surface area contributed by atoms with Crippen LogP contribution in [-0.4, -0.2) is 12.1 Å². The van der Waals surface area contributed by atoms with Crippen LogP contribution in [0.1, 0.15) is 40.7 Å². The topological polar surface area (TPSA) is 52.3 Å². The van der Waals surface area contributed by atoms with E-state index in [0.717, 1.165) is 30.4 Å². The largest absolute Gasteiger partial charge is 0.459 e. The Morgan fingerprint density at radius 1 is 1.38 bits per heavy atom. The summed E-state index contributed by atoms with van der Waals surface area (Å²) in [5, 5.41) is 0. The summed E-state index contributed by atoms with van der Waals surface area (Å²) in [5.74, 6) is -0.283. The molecule has 1 aliphatic carbocycles. The standard InChI is InChI=1S/C13H17NO2/c1-8-6-9(2)12(14)11(7-8)13(15)16-10-4-3-5-10/h6-7,10H,3-5,14H2,1-2H3. The lowest BCUT2D eigenvalue weighted by atomic mass is 9.96. The Kier molecular flexibility index (Phi) is 2.86. The Morgan fingerprint density at radius 3 is 2.62 bits per heavy atom. The maximum Gasteiger partial charge on any atom is 0.340 e. The van der Waals surface area contributed by atoms with Gasteiger partial charge in [-0.3, -0.25) is 0 Å². The van der Waals surface area contributed by atoms with Gasteiger partial charge >= 0.3 is 5.97 Å². The molecule has 0 aliphatic heterocycles. The monoisotopic (exact) mass is 219 g/mol. The van der Waals surface area contributed by atoms with Gasteiger partial charge < -0.3 is 10.5 Å². The molecule has 16 heavy (non-hydrogen) atoms. The number of ether oxygens (including phenoxy) is 1. The molecule has 0 atom stereocenters. The SMILES string of the molecule is Cc1cc(C)c(N)c(C(=O)OC2CCC2)c1. The number of nitrogens with two attached hydrogens (primary N) is 1. The van der Waals surface area contributed by atoms with Crippen LogP contribution in [0.25, 0.3) is 0 Å². The molecule has 0 bridgehead atoms. The number of nitrogen functional groups attached to an aromatic ring is 1. The number of esters is 1. The van der Waals surface area contributed by atoms with Crippen molar-refractivity contribution in [2.45, 2.75) is 39.2 Å². The molecule has 0 unspecified atom stereocenters. The molecular formula is C13H17NO2. The molecule has 1 fully saturated rings. The van der Waals surface area contributed by atoms with E-state index < -0.39 is 0 Å². The van der Waals surface area contributed by atoms with Crippen molar-refractivity contribution in [1.82, 2.24) is 0 Å². The number of aryl methyl sites for hydroxylation is 2. The van der Waals surface area contributed by atoms with Crippen molar-refractivity contribution in [3.63, 3.8) is 0 Å². The Labute approximate surface area is 95.6 Å². The Morgan fingerprint density at radius 2 is 2.06 bits per heavy atom. The predicted octanol–water partition coefficient (Wildman–Crippen LogP) is 2.59. The number of rotatable bonds is 2. The number of hydrogen-bond acceptors (Lipinski definition) is 3. The lowest BCUT2D eigenvalue weighted by molar-refractivity contribution is 0.00911. The summed E-state index contributed by atoms with van der Waals surface area (Å²) in [6, 6.07) is 3.76. The number of anilines is 1. The molecule has 2 N–H and O–H groups in total. The Bertz CT molecular complexity index is 422. The second kappa shape index (κ2) is 4.16. The van der Waals surface area contributed by atoms with Crippen molar-refractivity contribution in [3.05, 3.63) is 28.8 Å². The quantitative estimate of drug-likeness (QED) is 0.614. The maximum absolute atomic E-state index is 11.9. The van der Waals surface area contributed by atoms with E-state index in [1.165, 1.54) is 0 Å². The molecule has 0 radical (unpaired) electrons. The molecule has 0 saturated heterocycles. The fourth-order valence-electron chi connectivity index (χ4n) is 1.85. The molecule has 1 aliphatic rings. The molecule has 0 spiro atoms. The first-order chi connectivity index (χ1) is 7.58. The second-order valence-electron chi connectivity index (χ2n) is 4.50. The zero-order valence-corrected chi connectivity index (χ0v) is 9.75. The molecule has 3 nitrogen and oxygen atoms in total. The third-order valence-corrected chi connectivity index (χ3v) is 3.08. The van der Waals surface area contributed by atoms with Crippen LogP contribution in [0, 0.1) is 13.8 Å². The van der Waals surface area contributed by atoms with Crippen molar-refractivity contribution in [3.8, 4) is 0 Å². The summed E-state index contributed by atoms with van der Waals surface area (Å²) >= 11 is 0. The van der Waals surface area contributed by atoms with Gasteiger partial charge in [-0.25, -0.2) is 4.79 Å². The summed E-state index contributed by atoms with van der Waals surface area (Å²) < 4.78 is 5.34. The van der Waals surface area contributed by atoms with Crippen LogP contribution in [0.4, 0.5) is 5.69 Å². The lowest BCUT2D eigenvalue weighted by Gasteiger charge is -2.25. The van der Waals surface area contributed by atoms with E-state index in [-0.39, 0.29) is 12.1 Å². The first kappa shape index (κ1) is 11.0. The van der Waals surface area contributed by atoms with Gasteiger partial charge in [0.1, 0.15) is 6.10 Å². The van der Waals surface area contributed by atoms with E-state index in [1.54, 1.807) is 6.07 Å². The molecule has 0 aromatic heterocycles. The average Bonchev–Trinajstić information content (AvgIpc) is 2.17. The number of hydrogen-bond donors (Lipinski definition) is 1. The van der Waals surface area contributed by atoms with Gasteiger partial charge in [-0.1, -0.05) is 6.07 Å². The van der Waals surface area contributed by atoms with Crippen LogP contribution in [0.3, 0.4) is 0 Å². The molecule has 0 amide bonds. The van der Waals surface area contributed by atoms with Gasteiger partial charge in [-0.15, -0.1) is 0 Å². The molecule has 2 rings (SSSR count). The minimum absolute atomic E-state index is 0.104. The van der Waals surface area contributed by atoms with Crippen LogP contribution in [0.15, 0.2) is 12.1 Å². The van der Waals surface area contributed by atoms with Crippen LogP contribution < -0.4 is 5.73 Å². The van der Waals surface area contributed by atoms with E-state index in [9.17, 15) is 4.79 Å². The first-order valence-corrected chi connectivity index (χ1v) is 5.65. The molecule has 0 heterocycles. The third kappa shape index (κ3) is 2.03. The van der Waals surface area contributed by atoms with E-state index in [0.29, 0.717) is 11.3 Å². The van der Waals surface area contributed by atoms with Gasteiger partial charge in [0, 0.05) is 5.69 Å². The van der Waals surface area contributed by atoms with Crippen molar-refractivity contribution in [2.24, 2.45) is 0 Å². The summed E-state index contributed by atoms with van der Waals surface area (Å²) in [6.07, 6.45) is 3.22. The smallest absolute Gasteiger partial charge is 0.340 e. The average molecular weight is 219 g/mol. The van der Waals surface area contributed by atoms with E-state index in [1.807, 2.05) is 19.9 Å². The summed E-state index contributed by atoms with van der Waals surface area (Å²) in [6.45, 7) is 3.86. The molecular weight excluding hydrogens is 202 g/mol. The van der Waals surface area contributed by atoms with Crippen LogP contribution >= 0.6 is 0 Å². The summed E-state index contributed by atoms with van der Waals surface area (Å²) in [4.78, 5) is 11.9. The molecule has 86 valence electrons. The van der Waals surface area contributed by atoms with Gasteiger partial charge in [0.05, 0.1) is 5.56 Å². The predicted molar refractivity (Wildman–Crippen MR) is 63.4 cm³/mol. The fourth-order valence-corrected chi connectivity index (χ4v) is 1.85. The Balaban J connectivity index is 2.21. The van der Waals surface area contributed by atoms with Crippen molar-refractivity contribution in [1.29, 1.82) is 0 Å². The lowest BCUT2D eigenvalue weighted by Crippen LogP contribution is -2.25. The fraction of sp³-hybridized carbons (Fsp3) is 0.462. The highest BCUT2D eigenvalue weighted by Crippen LogP contribution is 2.26. The van der Waals surface area contributed by atoms with Gasteiger partial charge in [0.25, 0.3) is 0 Å². The molecule has 1 saturated carbocycles. The Hall–Kier alpha value is -1.51. The minimum atomic E-state index is -0.283. The van der Waals surface area contributed by atoms with Crippen molar-refractivity contribution in [2.75, 3.05) is 5.73 Å². The number of benzene rings is 1. The van der Waals surface area contributed by atoms with E-state index >= 15 is 0 Å². The van der Waals surface area contributed by atoms with Crippen LogP contribution in [0.2, 0.25) is 0 Å². The highest BCUT2D eigenvalue weighted by Gasteiger charge is 2.23. The highest BCUT2D eigenvalue weighted by atomic mass is 16.5. The van der Waals surface area contributed by atoms with E-state index in [2.05, 4.69) is 0 Å². The normalized spacial score (nSPS) is 15.6. The second-order valence-corrected chi connectivity index (χ2v) is 4.50. The summed E-state index contributed by atoms with van der Waals surface area (Å²) in [7, 11) is 0. The van der Waals surface area contributed by atoms with Crippen LogP contribution in [-0.2, 0) is 4.74 Å². The highest BCUT2D eigenvalue weighted by molar-refractivity contribution is 5.96. The van der Waals surface area contributed by atoms with Crippen molar-refractivity contribution >= 4 is 11.7 Å². The van der Waals surface area contributed by atoms with Gasteiger partial charge in [-0.2, -0.15) is 0 Å². The van der Waals surface area contributed by atoms with E-state index in [4.69, 9.17) is 10.5 Å². The first-order valence-electron chi connectivity index (χ1n) is 5.65. The van der Waals surface area contributed by atoms with Crippen LogP contribution in [0.5, 0.6) is 0 Å². The van der Waals surface area contributed by atoms with Gasteiger partial charge in [0.2, 0.25) is 0 Å². The maximum atomic E-state index is 11.9. The zero-order valence-electron chi connectivity index (χ0n) is 9.75. The summed E-state index contributed by atoms with van der Waals surface area (Å²) in [5.41, 5.74) is 8.89. The van der Waals surface area contributed by atoms with Gasteiger partial charge in [-0.05, 0) is 50.3 Å². The minimum Gasteiger partial charge on any atom is -0.459 e. The number of carbonyl (C=O) groups excluding carboxylic acids is 1. The molecule has 1 aromatic rings. The zero-order chi connectivity index (χ0) is 11.7. The molecule has 3 heteroatoms. The third-order valence-electron chi connectivity index (χ3n) is 3.08. The van der Waals surface area contributed by atoms with Gasteiger partial charge in [0.15, 0.2) is 0 Å². The molecule has 1 aromatic carbocycles. The van der Waals surface area contributed by atoms with Crippen molar-refractivity contribution < 1.29 is 9.53 Å².